The minimum absolute atomic E-state index is 0.0180. The minimum atomic E-state index is -0.671. The standard InChI is InChI=1S/C16H19NO6/c1-4-5-10-6-13-14(23-9-22-13)7-11(10)17-12(16(19)21-3)8-15(18)20-2/h6-8,17H,4-5,9H2,1-3H3/b12-8+. The van der Waals surface area contributed by atoms with E-state index in [1.54, 1.807) is 6.07 Å². The second-order valence-corrected chi connectivity index (χ2v) is 4.81. The van der Waals surface area contributed by atoms with Crippen LogP contribution >= 0.6 is 0 Å². The molecule has 7 heteroatoms. The molecular formula is C16H19NO6. The summed E-state index contributed by atoms with van der Waals surface area (Å²) in [4.78, 5) is 23.3. The number of hydrogen-bond acceptors (Lipinski definition) is 7. The van der Waals surface area contributed by atoms with Crippen molar-refractivity contribution in [3.05, 3.63) is 29.5 Å². The Balaban J connectivity index is 2.37. The van der Waals surface area contributed by atoms with Gasteiger partial charge in [0.1, 0.15) is 5.70 Å². The lowest BCUT2D eigenvalue weighted by molar-refractivity contribution is -0.138. The van der Waals surface area contributed by atoms with E-state index in [-0.39, 0.29) is 12.5 Å². The molecular weight excluding hydrogens is 302 g/mol. The topological polar surface area (TPSA) is 83.1 Å². The van der Waals surface area contributed by atoms with Crippen LogP contribution in [-0.2, 0) is 25.5 Å². The third-order valence-corrected chi connectivity index (χ3v) is 3.26. The predicted octanol–water partition coefficient (Wildman–Crippen LogP) is 2.01. The second kappa shape index (κ2) is 7.53. The van der Waals surface area contributed by atoms with E-state index in [0.29, 0.717) is 17.2 Å². The van der Waals surface area contributed by atoms with Crippen LogP contribution in [0.15, 0.2) is 23.9 Å². The van der Waals surface area contributed by atoms with Gasteiger partial charge in [-0.05, 0) is 18.1 Å². The first-order valence-corrected chi connectivity index (χ1v) is 7.16. The van der Waals surface area contributed by atoms with Gasteiger partial charge in [0.15, 0.2) is 11.5 Å². The number of nitrogens with one attached hydrogen (secondary N) is 1. The van der Waals surface area contributed by atoms with Crippen molar-refractivity contribution in [2.75, 3.05) is 26.3 Å². The molecule has 124 valence electrons. The summed E-state index contributed by atoms with van der Waals surface area (Å²) in [6.45, 7) is 2.20. The molecule has 0 radical (unpaired) electrons. The summed E-state index contributed by atoms with van der Waals surface area (Å²) in [5.74, 6) is -0.0867. The van der Waals surface area contributed by atoms with Crippen LogP contribution in [0.2, 0.25) is 0 Å². The maximum absolute atomic E-state index is 11.9. The Hall–Kier alpha value is -2.70. The van der Waals surface area contributed by atoms with Crippen LogP contribution in [0.4, 0.5) is 5.69 Å². The number of ether oxygens (including phenoxy) is 4. The molecule has 1 N–H and O–H groups in total. The van der Waals surface area contributed by atoms with Crippen molar-refractivity contribution in [1.29, 1.82) is 0 Å². The van der Waals surface area contributed by atoms with E-state index in [1.165, 1.54) is 14.2 Å². The number of fused-ring (bicyclic) bond motifs is 1. The average Bonchev–Trinajstić information content (AvgIpc) is 3.00. The smallest absolute Gasteiger partial charge is 0.354 e. The molecule has 1 aromatic carbocycles. The van der Waals surface area contributed by atoms with Gasteiger partial charge >= 0.3 is 11.9 Å². The fraction of sp³-hybridized carbons (Fsp3) is 0.375. The highest BCUT2D eigenvalue weighted by Gasteiger charge is 2.20. The number of carbonyl (C=O) groups excluding carboxylic acids is 2. The van der Waals surface area contributed by atoms with Crippen LogP contribution in [0.1, 0.15) is 18.9 Å². The summed E-state index contributed by atoms with van der Waals surface area (Å²) in [5, 5.41) is 2.93. The monoisotopic (exact) mass is 321 g/mol. The van der Waals surface area contributed by atoms with Gasteiger partial charge in [-0.25, -0.2) is 9.59 Å². The number of benzene rings is 1. The SMILES string of the molecule is CCCc1cc2c(cc1N/C(=C/C(=O)OC)C(=O)OC)OCO2. The Morgan fingerprint density at radius 2 is 1.91 bits per heavy atom. The van der Waals surface area contributed by atoms with Gasteiger partial charge in [0, 0.05) is 11.8 Å². The molecule has 7 nitrogen and oxygen atoms in total. The molecule has 0 amide bonds. The first-order valence-electron chi connectivity index (χ1n) is 7.16. The van der Waals surface area contributed by atoms with Crippen LogP contribution < -0.4 is 14.8 Å². The summed E-state index contributed by atoms with van der Waals surface area (Å²) in [7, 11) is 2.47. The second-order valence-electron chi connectivity index (χ2n) is 4.81. The van der Waals surface area contributed by atoms with Gasteiger partial charge in [-0.15, -0.1) is 0 Å². The zero-order valence-corrected chi connectivity index (χ0v) is 13.3. The molecule has 0 saturated heterocycles. The summed E-state index contributed by atoms with van der Waals surface area (Å²) in [6, 6.07) is 3.60. The molecule has 0 spiro atoms. The summed E-state index contributed by atoms with van der Waals surface area (Å²) >= 11 is 0. The molecule has 0 aliphatic carbocycles. The van der Waals surface area contributed by atoms with Gasteiger partial charge in [-0.1, -0.05) is 13.3 Å². The van der Waals surface area contributed by atoms with Crippen LogP contribution in [0.5, 0.6) is 11.5 Å². The van der Waals surface area contributed by atoms with Crippen molar-refractivity contribution in [3.8, 4) is 11.5 Å². The van der Waals surface area contributed by atoms with Crippen LogP contribution in [0.25, 0.3) is 0 Å². The molecule has 23 heavy (non-hydrogen) atoms. The van der Waals surface area contributed by atoms with Crippen molar-refractivity contribution in [3.63, 3.8) is 0 Å². The lowest BCUT2D eigenvalue weighted by atomic mass is 10.1. The van der Waals surface area contributed by atoms with Gasteiger partial charge in [0.25, 0.3) is 0 Å². The quantitative estimate of drug-likeness (QED) is 0.634. The largest absolute Gasteiger partial charge is 0.466 e. The van der Waals surface area contributed by atoms with Crippen LogP contribution in [-0.4, -0.2) is 33.0 Å². The molecule has 0 bridgehead atoms. The van der Waals surface area contributed by atoms with E-state index in [4.69, 9.17) is 9.47 Å². The maximum Gasteiger partial charge on any atom is 0.354 e. The van der Waals surface area contributed by atoms with E-state index in [2.05, 4.69) is 14.8 Å². The first-order chi connectivity index (χ1) is 11.1. The highest BCUT2D eigenvalue weighted by molar-refractivity contribution is 5.99. The lowest BCUT2D eigenvalue weighted by Crippen LogP contribution is -2.16. The predicted molar refractivity (Wildman–Crippen MR) is 82.3 cm³/mol. The fourth-order valence-electron chi connectivity index (χ4n) is 2.15. The van der Waals surface area contributed by atoms with E-state index >= 15 is 0 Å². The van der Waals surface area contributed by atoms with Crippen molar-refractivity contribution in [2.45, 2.75) is 19.8 Å². The minimum Gasteiger partial charge on any atom is -0.466 e. The molecule has 0 aromatic heterocycles. The average molecular weight is 321 g/mol. The molecule has 1 aliphatic rings. The lowest BCUT2D eigenvalue weighted by Gasteiger charge is -2.14. The third kappa shape index (κ3) is 3.94. The fourth-order valence-corrected chi connectivity index (χ4v) is 2.15. The molecule has 1 heterocycles. The van der Waals surface area contributed by atoms with Crippen LogP contribution in [0, 0.1) is 0 Å². The van der Waals surface area contributed by atoms with Crippen molar-refractivity contribution in [1.82, 2.24) is 0 Å². The maximum atomic E-state index is 11.9. The zero-order chi connectivity index (χ0) is 16.8. The molecule has 0 fully saturated rings. The molecule has 1 aromatic rings. The van der Waals surface area contributed by atoms with E-state index in [9.17, 15) is 9.59 Å². The Kier molecular flexibility index (Phi) is 5.46. The molecule has 0 atom stereocenters. The van der Waals surface area contributed by atoms with Crippen molar-refractivity contribution < 1.29 is 28.5 Å². The van der Waals surface area contributed by atoms with Gasteiger partial charge < -0.3 is 24.3 Å². The first kappa shape index (κ1) is 16.7. The Labute approximate surface area is 134 Å². The number of aryl methyl sites for hydroxylation is 1. The zero-order valence-electron chi connectivity index (χ0n) is 13.3. The van der Waals surface area contributed by atoms with Gasteiger partial charge in [0.2, 0.25) is 6.79 Å². The molecule has 1 aliphatic heterocycles. The van der Waals surface area contributed by atoms with Crippen LogP contribution in [0.3, 0.4) is 0 Å². The van der Waals surface area contributed by atoms with Crippen molar-refractivity contribution in [2.24, 2.45) is 0 Å². The number of methoxy groups -OCH3 is 2. The number of hydrogen-bond donors (Lipinski definition) is 1. The Morgan fingerprint density at radius 1 is 1.22 bits per heavy atom. The highest BCUT2D eigenvalue weighted by atomic mass is 16.7. The normalized spacial score (nSPS) is 12.7. The van der Waals surface area contributed by atoms with Gasteiger partial charge in [0.05, 0.1) is 20.3 Å². The molecule has 0 saturated carbocycles. The number of rotatable bonds is 6. The van der Waals surface area contributed by atoms with E-state index in [0.717, 1.165) is 24.5 Å². The molecule has 0 unspecified atom stereocenters. The van der Waals surface area contributed by atoms with Crippen molar-refractivity contribution >= 4 is 17.6 Å². The number of carbonyl (C=O) groups is 2. The highest BCUT2D eigenvalue weighted by Crippen LogP contribution is 2.38. The third-order valence-electron chi connectivity index (χ3n) is 3.26. The number of esters is 2. The molecule has 2 rings (SSSR count). The van der Waals surface area contributed by atoms with E-state index < -0.39 is 11.9 Å². The summed E-state index contributed by atoms with van der Waals surface area (Å²) in [6.07, 6.45) is 2.72. The van der Waals surface area contributed by atoms with E-state index in [1.807, 2.05) is 13.0 Å². The summed E-state index contributed by atoms with van der Waals surface area (Å²) < 4.78 is 20.0. The number of anilines is 1. The van der Waals surface area contributed by atoms with Gasteiger partial charge in [-0.2, -0.15) is 0 Å². The summed E-state index contributed by atoms with van der Waals surface area (Å²) in [5.41, 5.74) is 1.57. The van der Waals surface area contributed by atoms with Gasteiger partial charge in [-0.3, -0.25) is 0 Å². The Morgan fingerprint density at radius 3 is 2.52 bits per heavy atom. The Bertz CT molecular complexity index is 638.